The second-order valence-corrected chi connectivity index (χ2v) is 7.25. The zero-order valence-electron chi connectivity index (χ0n) is 14.1. The van der Waals surface area contributed by atoms with Crippen LogP contribution >= 0.6 is 0 Å². The van der Waals surface area contributed by atoms with Crippen LogP contribution in [-0.4, -0.2) is 37.0 Å². The maximum Gasteiger partial charge on any atom is 0.222 e. The Morgan fingerprint density at radius 3 is 2.81 bits per heavy atom. The Kier molecular flexibility index (Phi) is 7.01. The molecule has 0 aromatic rings. The largest absolute Gasteiger partial charge is 0.343 e. The van der Waals surface area contributed by atoms with Crippen molar-refractivity contribution in [1.29, 1.82) is 0 Å². The first kappa shape index (κ1) is 16.8. The third-order valence-corrected chi connectivity index (χ3v) is 5.53. The van der Waals surface area contributed by atoms with Gasteiger partial charge in [-0.3, -0.25) is 4.79 Å². The van der Waals surface area contributed by atoms with E-state index in [1.165, 1.54) is 44.9 Å². The number of nitrogens with zero attached hydrogens (tertiary/aromatic N) is 1. The van der Waals surface area contributed by atoms with Gasteiger partial charge in [-0.05, 0) is 62.9 Å². The normalized spacial score (nSPS) is 29.0. The van der Waals surface area contributed by atoms with Crippen LogP contribution in [0.3, 0.4) is 0 Å². The van der Waals surface area contributed by atoms with Crippen LogP contribution in [0.4, 0.5) is 0 Å². The summed E-state index contributed by atoms with van der Waals surface area (Å²) >= 11 is 0. The van der Waals surface area contributed by atoms with Gasteiger partial charge in [0.15, 0.2) is 0 Å². The Labute approximate surface area is 130 Å². The quantitative estimate of drug-likeness (QED) is 0.842. The Morgan fingerprint density at radius 1 is 1.24 bits per heavy atom. The van der Waals surface area contributed by atoms with Crippen molar-refractivity contribution in [2.45, 2.75) is 65.2 Å². The number of hydrogen-bond acceptors (Lipinski definition) is 2. The van der Waals surface area contributed by atoms with Crippen molar-refractivity contribution in [2.24, 2.45) is 17.8 Å². The zero-order chi connectivity index (χ0) is 15.1. The third-order valence-electron chi connectivity index (χ3n) is 5.53. The van der Waals surface area contributed by atoms with Crippen molar-refractivity contribution in [1.82, 2.24) is 10.2 Å². The van der Waals surface area contributed by atoms with E-state index >= 15 is 0 Å². The lowest BCUT2D eigenvalue weighted by Gasteiger charge is -2.30. The number of amides is 1. The summed E-state index contributed by atoms with van der Waals surface area (Å²) in [7, 11) is 0. The molecule has 0 aromatic carbocycles. The van der Waals surface area contributed by atoms with Crippen molar-refractivity contribution >= 4 is 5.91 Å². The van der Waals surface area contributed by atoms with E-state index in [9.17, 15) is 4.79 Å². The number of carbonyl (C=O) groups excluding carboxylic acids is 1. The van der Waals surface area contributed by atoms with Gasteiger partial charge in [-0.2, -0.15) is 0 Å². The number of nitrogens with one attached hydrogen (secondary N) is 1. The van der Waals surface area contributed by atoms with Gasteiger partial charge in [0.1, 0.15) is 0 Å². The van der Waals surface area contributed by atoms with E-state index in [1.54, 1.807) is 0 Å². The van der Waals surface area contributed by atoms with Crippen molar-refractivity contribution in [3.05, 3.63) is 0 Å². The predicted octanol–water partition coefficient (Wildman–Crippen LogP) is 3.44. The van der Waals surface area contributed by atoms with Gasteiger partial charge in [0.2, 0.25) is 5.91 Å². The highest BCUT2D eigenvalue weighted by Gasteiger charge is 2.25. The first-order valence-electron chi connectivity index (χ1n) is 9.19. The number of likely N-dealkylation sites (tertiary alicyclic amines) is 1. The molecular formula is C18H34N2O. The Balaban J connectivity index is 1.76. The minimum absolute atomic E-state index is 0.408. The minimum atomic E-state index is 0.408. The average Bonchev–Trinajstić information content (AvgIpc) is 2.74. The highest BCUT2D eigenvalue weighted by Crippen LogP contribution is 2.25. The van der Waals surface area contributed by atoms with Crippen molar-refractivity contribution in [2.75, 3.05) is 26.2 Å². The van der Waals surface area contributed by atoms with Crippen molar-refractivity contribution in [3.63, 3.8) is 0 Å². The fraction of sp³-hybridized carbons (Fsp3) is 0.944. The molecule has 0 bridgehead atoms. The van der Waals surface area contributed by atoms with Crippen LogP contribution in [0.1, 0.15) is 65.2 Å². The van der Waals surface area contributed by atoms with Gasteiger partial charge in [-0.1, -0.05) is 26.7 Å². The maximum atomic E-state index is 12.6. The summed E-state index contributed by atoms with van der Waals surface area (Å²) in [5, 5.41) is 3.47. The smallest absolute Gasteiger partial charge is 0.222 e. The lowest BCUT2D eigenvalue weighted by Crippen LogP contribution is -2.37. The van der Waals surface area contributed by atoms with Gasteiger partial charge in [0.25, 0.3) is 0 Å². The summed E-state index contributed by atoms with van der Waals surface area (Å²) in [5.74, 6) is 2.49. The molecule has 0 aliphatic carbocycles. The molecule has 1 N–H and O–H groups in total. The average molecular weight is 294 g/mol. The summed E-state index contributed by atoms with van der Waals surface area (Å²) in [6, 6.07) is 0. The molecular weight excluding hydrogens is 260 g/mol. The number of rotatable bonds is 5. The van der Waals surface area contributed by atoms with E-state index in [-0.39, 0.29) is 0 Å². The molecule has 122 valence electrons. The van der Waals surface area contributed by atoms with E-state index in [1.807, 2.05) is 0 Å². The molecule has 21 heavy (non-hydrogen) atoms. The molecule has 1 amide bonds. The van der Waals surface area contributed by atoms with E-state index in [0.29, 0.717) is 17.7 Å². The second kappa shape index (κ2) is 8.77. The van der Waals surface area contributed by atoms with Gasteiger partial charge >= 0.3 is 0 Å². The molecule has 0 aromatic heterocycles. The first-order chi connectivity index (χ1) is 10.2. The molecule has 2 saturated heterocycles. The highest BCUT2D eigenvalue weighted by molar-refractivity contribution is 5.76. The SMILES string of the molecule is CCCC1CCCN(C(=O)CC(C)C2CCCNC2)CC1. The fourth-order valence-corrected chi connectivity index (χ4v) is 4.05. The molecule has 2 aliphatic heterocycles. The van der Waals surface area contributed by atoms with Crippen LogP contribution in [0, 0.1) is 17.8 Å². The van der Waals surface area contributed by atoms with E-state index in [4.69, 9.17) is 0 Å². The molecule has 2 aliphatic rings. The van der Waals surface area contributed by atoms with Crippen LogP contribution in [0.2, 0.25) is 0 Å². The summed E-state index contributed by atoms with van der Waals surface area (Å²) < 4.78 is 0. The fourth-order valence-electron chi connectivity index (χ4n) is 4.05. The van der Waals surface area contributed by atoms with Gasteiger partial charge in [-0.15, -0.1) is 0 Å². The summed E-state index contributed by atoms with van der Waals surface area (Å²) in [4.78, 5) is 14.7. The molecule has 0 saturated carbocycles. The molecule has 0 radical (unpaired) electrons. The molecule has 2 rings (SSSR count). The van der Waals surface area contributed by atoms with E-state index < -0.39 is 0 Å². The topological polar surface area (TPSA) is 32.3 Å². The van der Waals surface area contributed by atoms with Crippen molar-refractivity contribution < 1.29 is 4.79 Å². The van der Waals surface area contributed by atoms with Gasteiger partial charge in [0, 0.05) is 19.5 Å². The minimum Gasteiger partial charge on any atom is -0.343 e. The van der Waals surface area contributed by atoms with Gasteiger partial charge < -0.3 is 10.2 Å². The molecule has 2 heterocycles. The molecule has 3 heteroatoms. The molecule has 2 fully saturated rings. The van der Waals surface area contributed by atoms with Crippen LogP contribution in [0.5, 0.6) is 0 Å². The van der Waals surface area contributed by atoms with Crippen molar-refractivity contribution in [3.8, 4) is 0 Å². The molecule has 0 spiro atoms. The molecule has 3 atom stereocenters. The Bertz CT molecular complexity index is 312. The lowest BCUT2D eigenvalue weighted by atomic mass is 9.85. The standard InChI is InChI=1S/C18H34N2O/c1-3-6-16-7-5-11-20(12-9-16)18(21)13-15(2)17-8-4-10-19-14-17/h15-17,19H,3-14H2,1-2H3. The summed E-state index contributed by atoms with van der Waals surface area (Å²) in [6.07, 6.45) is 9.68. The molecule has 3 nitrogen and oxygen atoms in total. The Morgan fingerprint density at radius 2 is 2.10 bits per heavy atom. The zero-order valence-corrected chi connectivity index (χ0v) is 14.1. The van der Waals surface area contributed by atoms with E-state index in [2.05, 4.69) is 24.1 Å². The van der Waals surface area contributed by atoms with E-state index in [0.717, 1.165) is 38.5 Å². The van der Waals surface area contributed by atoms with Gasteiger partial charge in [-0.25, -0.2) is 0 Å². The molecule has 3 unspecified atom stereocenters. The third kappa shape index (κ3) is 5.28. The second-order valence-electron chi connectivity index (χ2n) is 7.25. The lowest BCUT2D eigenvalue weighted by molar-refractivity contribution is -0.132. The van der Waals surface area contributed by atoms with Crippen LogP contribution in [0.15, 0.2) is 0 Å². The number of hydrogen-bond donors (Lipinski definition) is 1. The predicted molar refractivity (Wildman–Crippen MR) is 88.2 cm³/mol. The van der Waals surface area contributed by atoms with Gasteiger partial charge in [0.05, 0.1) is 0 Å². The van der Waals surface area contributed by atoms with Crippen LogP contribution in [-0.2, 0) is 4.79 Å². The number of piperidine rings is 1. The summed E-state index contributed by atoms with van der Waals surface area (Å²) in [5.41, 5.74) is 0. The summed E-state index contributed by atoms with van der Waals surface area (Å²) in [6.45, 7) is 8.80. The maximum absolute atomic E-state index is 12.6. The number of carbonyl (C=O) groups is 1. The monoisotopic (exact) mass is 294 g/mol. The van der Waals surface area contributed by atoms with Crippen LogP contribution in [0.25, 0.3) is 0 Å². The Hall–Kier alpha value is -0.570. The highest BCUT2D eigenvalue weighted by atomic mass is 16.2. The first-order valence-corrected chi connectivity index (χ1v) is 9.19. The van der Waals surface area contributed by atoms with Crippen LogP contribution < -0.4 is 5.32 Å².